The Kier molecular flexibility index (Phi) is 7.87. The fourth-order valence-corrected chi connectivity index (χ4v) is 7.05. The Hall–Kier alpha value is -0.920. The van der Waals surface area contributed by atoms with Gasteiger partial charge in [-0.2, -0.15) is 0 Å². The summed E-state index contributed by atoms with van der Waals surface area (Å²) in [5.41, 5.74) is 1.62. The molecule has 3 saturated carbocycles. The van der Waals surface area contributed by atoms with Crippen molar-refractivity contribution >= 4 is 0 Å². The van der Waals surface area contributed by atoms with Crippen LogP contribution in [-0.4, -0.2) is 6.17 Å². The zero-order chi connectivity index (χ0) is 20.9. The SMILES string of the molecule is CC1CCC(C2CCC(C3CCC(C(F)Cc4cccc(CF)c4)CC3)CC2)CC1. The van der Waals surface area contributed by atoms with Crippen molar-refractivity contribution in [1.29, 1.82) is 0 Å². The first-order valence-corrected chi connectivity index (χ1v) is 12.9. The van der Waals surface area contributed by atoms with Crippen LogP contribution in [0.3, 0.4) is 0 Å². The number of benzene rings is 1. The Bertz CT molecular complexity index is 632. The lowest BCUT2D eigenvalue weighted by Crippen LogP contribution is -2.31. The van der Waals surface area contributed by atoms with Gasteiger partial charge in [0.25, 0.3) is 0 Å². The minimum absolute atomic E-state index is 0.204. The molecule has 168 valence electrons. The average Bonchev–Trinajstić information content (AvgIpc) is 2.80. The molecule has 4 rings (SSSR count). The minimum Gasteiger partial charge on any atom is -0.247 e. The third-order valence-electron chi connectivity index (χ3n) is 9.11. The smallest absolute Gasteiger partial charge is 0.115 e. The van der Waals surface area contributed by atoms with Crippen LogP contribution in [0.5, 0.6) is 0 Å². The normalized spacial score (nSPS) is 36.4. The summed E-state index contributed by atoms with van der Waals surface area (Å²) in [5.74, 6) is 4.93. The summed E-state index contributed by atoms with van der Waals surface area (Å²) in [7, 11) is 0. The Balaban J connectivity index is 1.19. The van der Waals surface area contributed by atoms with Crippen molar-refractivity contribution in [1.82, 2.24) is 0 Å². The summed E-state index contributed by atoms with van der Waals surface area (Å²) >= 11 is 0. The first-order valence-electron chi connectivity index (χ1n) is 12.9. The zero-order valence-electron chi connectivity index (χ0n) is 19.0. The van der Waals surface area contributed by atoms with E-state index in [0.717, 1.165) is 48.0 Å². The van der Waals surface area contributed by atoms with Crippen molar-refractivity contribution < 1.29 is 8.78 Å². The zero-order valence-corrected chi connectivity index (χ0v) is 19.0. The van der Waals surface area contributed by atoms with Gasteiger partial charge in [-0.3, -0.25) is 0 Å². The van der Waals surface area contributed by atoms with Gasteiger partial charge in [0.05, 0.1) is 0 Å². The highest BCUT2D eigenvalue weighted by Gasteiger charge is 2.35. The van der Waals surface area contributed by atoms with Crippen LogP contribution in [0.4, 0.5) is 8.78 Å². The van der Waals surface area contributed by atoms with Crippen LogP contribution in [0.15, 0.2) is 24.3 Å². The van der Waals surface area contributed by atoms with E-state index in [1.807, 2.05) is 18.2 Å². The predicted molar refractivity (Wildman–Crippen MR) is 122 cm³/mol. The van der Waals surface area contributed by atoms with E-state index in [2.05, 4.69) is 6.92 Å². The van der Waals surface area contributed by atoms with E-state index in [1.54, 1.807) is 6.07 Å². The fraction of sp³-hybridized carbons (Fsp3) is 0.786. The first kappa shape index (κ1) is 22.3. The molecule has 0 amide bonds. The molecule has 0 N–H and O–H groups in total. The molecule has 0 aliphatic heterocycles. The highest BCUT2D eigenvalue weighted by molar-refractivity contribution is 5.23. The van der Waals surface area contributed by atoms with Crippen molar-refractivity contribution in [3.8, 4) is 0 Å². The first-order chi connectivity index (χ1) is 14.6. The van der Waals surface area contributed by atoms with Crippen molar-refractivity contribution in [3.63, 3.8) is 0 Å². The number of rotatable bonds is 6. The van der Waals surface area contributed by atoms with Crippen LogP contribution in [-0.2, 0) is 13.1 Å². The van der Waals surface area contributed by atoms with Crippen LogP contribution in [0.25, 0.3) is 0 Å². The van der Waals surface area contributed by atoms with E-state index in [0.29, 0.717) is 12.0 Å². The molecule has 3 aliphatic carbocycles. The van der Waals surface area contributed by atoms with Crippen molar-refractivity contribution in [3.05, 3.63) is 35.4 Å². The third kappa shape index (κ3) is 5.65. The molecule has 1 aromatic rings. The molecule has 0 radical (unpaired) electrons. The maximum atomic E-state index is 15.0. The van der Waals surface area contributed by atoms with Crippen LogP contribution in [0, 0.1) is 35.5 Å². The summed E-state index contributed by atoms with van der Waals surface area (Å²) in [5, 5.41) is 0. The maximum absolute atomic E-state index is 15.0. The summed E-state index contributed by atoms with van der Waals surface area (Å²) in [6.45, 7) is 1.96. The minimum atomic E-state index is -0.773. The molecule has 1 atom stereocenters. The quantitative estimate of drug-likeness (QED) is 0.436. The number of halogens is 2. The lowest BCUT2D eigenvalue weighted by atomic mass is 9.65. The molecular formula is C28H42F2. The highest BCUT2D eigenvalue weighted by atomic mass is 19.1. The molecule has 0 heterocycles. The standard InChI is InChI=1S/C28H42F2/c1-20-5-7-23(8-6-20)24-9-11-25(12-10-24)26-13-15-27(16-14-26)28(30)18-21-3-2-4-22(17-21)19-29/h2-4,17,20,23-28H,5-16,18-19H2,1H3. The molecule has 3 fully saturated rings. The summed E-state index contributed by atoms with van der Waals surface area (Å²) < 4.78 is 27.8. The molecule has 3 aliphatic rings. The fourth-order valence-electron chi connectivity index (χ4n) is 7.05. The molecule has 1 aromatic carbocycles. The van der Waals surface area contributed by atoms with Gasteiger partial charge in [0.2, 0.25) is 0 Å². The van der Waals surface area contributed by atoms with Gasteiger partial charge in [-0.15, -0.1) is 0 Å². The van der Waals surface area contributed by atoms with E-state index in [9.17, 15) is 8.78 Å². The van der Waals surface area contributed by atoms with Crippen molar-refractivity contribution in [2.75, 3.05) is 0 Å². The van der Waals surface area contributed by atoms with Gasteiger partial charge in [0, 0.05) is 6.42 Å². The monoisotopic (exact) mass is 416 g/mol. The third-order valence-corrected chi connectivity index (χ3v) is 9.11. The van der Waals surface area contributed by atoms with Crippen molar-refractivity contribution in [2.45, 2.75) is 103 Å². The van der Waals surface area contributed by atoms with E-state index >= 15 is 0 Å². The number of alkyl halides is 2. The van der Waals surface area contributed by atoms with Gasteiger partial charge < -0.3 is 0 Å². The highest BCUT2D eigenvalue weighted by Crippen LogP contribution is 2.46. The second-order valence-corrected chi connectivity index (χ2v) is 11.0. The molecule has 0 aromatic heterocycles. The predicted octanol–water partition coefficient (Wildman–Crippen LogP) is 8.48. The Morgan fingerprint density at radius 1 is 0.733 bits per heavy atom. The Morgan fingerprint density at radius 2 is 1.20 bits per heavy atom. The van der Waals surface area contributed by atoms with E-state index in [4.69, 9.17) is 0 Å². The molecule has 2 heteroatoms. The Morgan fingerprint density at radius 3 is 1.73 bits per heavy atom. The maximum Gasteiger partial charge on any atom is 0.115 e. The largest absolute Gasteiger partial charge is 0.247 e. The molecule has 0 spiro atoms. The van der Waals surface area contributed by atoms with Gasteiger partial charge in [-0.05, 0) is 111 Å². The molecular weight excluding hydrogens is 374 g/mol. The van der Waals surface area contributed by atoms with Gasteiger partial charge >= 0.3 is 0 Å². The number of hydrogen-bond acceptors (Lipinski definition) is 0. The average molecular weight is 417 g/mol. The Labute approximate surface area is 183 Å². The van der Waals surface area contributed by atoms with Crippen LogP contribution in [0.2, 0.25) is 0 Å². The number of hydrogen-bond donors (Lipinski definition) is 0. The van der Waals surface area contributed by atoms with E-state index < -0.39 is 12.8 Å². The van der Waals surface area contributed by atoms with Crippen LogP contribution < -0.4 is 0 Å². The van der Waals surface area contributed by atoms with E-state index in [1.165, 1.54) is 64.2 Å². The van der Waals surface area contributed by atoms with Gasteiger partial charge in [-0.1, -0.05) is 44.0 Å². The van der Waals surface area contributed by atoms with E-state index in [-0.39, 0.29) is 5.92 Å². The molecule has 0 nitrogen and oxygen atoms in total. The molecule has 0 saturated heterocycles. The second-order valence-electron chi connectivity index (χ2n) is 11.0. The summed E-state index contributed by atoms with van der Waals surface area (Å²) in [4.78, 5) is 0. The van der Waals surface area contributed by atoms with Crippen molar-refractivity contribution in [2.24, 2.45) is 35.5 Å². The van der Waals surface area contributed by atoms with Gasteiger partial charge in [0.15, 0.2) is 0 Å². The summed E-state index contributed by atoms with van der Waals surface area (Å²) in [6, 6.07) is 7.43. The lowest BCUT2D eigenvalue weighted by molar-refractivity contribution is 0.0885. The van der Waals surface area contributed by atoms with Crippen LogP contribution >= 0.6 is 0 Å². The lowest BCUT2D eigenvalue weighted by Gasteiger charge is -2.41. The van der Waals surface area contributed by atoms with Gasteiger partial charge in [-0.25, -0.2) is 8.78 Å². The second kappa shape index (κ2) is 10.6. The topological polar surface area (TPSA) is 0 Å². The molecule has 0 bridgehead atoms. The summed E-state index contributed by atoms with van der Waals surface area (Å²) in [6.07, 6.45) is 15.9. The van der Waals surface area contributed by atoms with Crippen LogP contribution in [0.1, 0.15) is 95.1 Å². The molecule has 30 heavy (non-hydrogen) atoms. The molecule has 1 unspecified atom stereocenters. The van der Waals surface area contributed by atoms with Gasteiger partial charge in [0.1, 0.15) is 12.8 Å².